The molecule has 17 heavy (non-hydrogen) atoms. The monoisotopic (exact) mass is 301 g/mol. The van der Waals surface area contributed by atoms with E-state index in [1.165, 1.54) is 18.2 Å². The van der Waals surface area contributed by atoms with Crippen LogP contribution in [0.4, 0.5) is 4.39 Å². The van der Waals surface area contributed by atoms with E-state index in [0.29, 0.717) is 28.4 Å². The van der Waals surface area contributed by atoms with Crippen molar-refractivity contribution in [1.29, 1.82) is 0 Å². The molecule has 0 bridgehead atoms. The number of amides is 1. The van der Waals surface area contributed by atoms with E-state index < -0.39 is 0 Å². The standard InChI is InChI=1S/C13H17BrFNO/c1-8(2)9(3)7-16-13(17)11-5-4-10(15)6-12(11)14/h4-6,8-9H,7H2,1-3H3,(H,16,17). The molecule has 94 valence electrons. The maximum atomic E-state index is 12.9. The van der Waals surface area contributed by atoms with Crippen molar-refractivity contribution in [2.75, 3.05) is 6.54 Å². The Bertz CT molecular complexity index is 406. The minimum Gasteiger partial charge on any atom is -0.352 e. The zero-order chi connectivity index (χ0) is 13.0. The number of carbonyl (C=O) groups is 1. The fraction of sp³-hybridized carbons (Fsp3) is 0.462. The van der Waals surface area contributed by atoms with Gasteiger partial charge in [-0.3, -0.25) is 4.79 Å². The van der Waals surface area contributed by atoms with Crippen LogP contribution in [0.3, 0.4) is 0 Å². The second kappa shape index (κ2) is 6.15. The van der Waals surface area contributed by atoms with Crippen LogP contribution < -0.4 is 5.32 Å². The van der Waals surface area contributed by atoms with Crippen molar-refractivity contribution in [1.82, 2.24) is 5.32 Å². The van der Waals surface area contributed by atoms with Gasteiger partial charge in [0.15, 0.2) is 0 Å². The fourth-order valence-corrected chi connectivity index (χ4v) is 1.79. The Morgan fingerprint density at radius 1 is 1.41 bits per heavy atom. The first kappa shape index (κ1) is 14.2. The van der Waals surface area contributed by atoms with Crippen molar-refractivity contribution in [3.8, 4) is 0 Å². The van der Waals surface area contributed by atoms with Gasteiger partial charge in [-0.1, -0.05) is 20.8 Å². The quantitative estimate of drug-likeness (QED) is 0.904. The molecule has 0 saturated carbocycles. The van der Waals surface area contributed by atoms with Crippen LogP contribution in [-0.4, -0.2) is 12.5 Å². The Kier molecular flexibility index (Phi) is 5.12. The van der Waals surface area contributed by atoms with E-state index >= 15 is 0 Å². The summed E-state index contributed by atoms with van der Waals surface area (Å²) in [4.78, 5) is 11.8. The van der Waals surface area contributed by atoms with Crippen LogP contribution in [0.15, 0.2) is 22.7 Å². The molecule has 0 heterocycles. The van der Waals surface area contributed by atoms with Crippen LogP contribution in [-0.2, 0) is 0 Å². The van der Waals surface area contributed by atoms with E-state index in [1.807, 2.05) is 0 Å². The van der Waals surface area contributed by atoms with Crippen LogP contribution in [0, 0.1) is 17.7 Å². The van der Waals surface area contributed by atoms with Gasteiger partial charge < -0.3 is 5.32 Å². The molecule has 0 aliphatic carbocycles. The topological polar surface area (TPSA) is 29.1 Å². The number of carbonyl (C=O) groups excluding carboxylic acids is 1. The fourth-order valence-electron chi connectivity index (χ4n) is 1.26. The van der Waals surface area contributed by atoms with Gasteiger partial charge in [0.2, 0.25) is 0 Å². The zero-order valence-electron chi connectivity index (χ0n) is 10.3. The molecule has 0 fully saturated rings. The van der Waals surface area contributed by atoms with Gasteiger partial charge in [0.05, 0.1) is 5.56 Å². The van der Waals surface area contributed by atoms with E-state index in [0.717, 1.165) is 0 Å². The molecule has 1 aromatic carbocycles. The lowest BCUT2D eigenvalue weighted by Gasteiger charge is -2.16. The van der Waals surface area contributed by atoms with E-state index in [9.17, 15) is 9.18 Å². The van der Waals surface area contributed by atoms with Gasteiger partial charge in [-0.2, -0.15) is 0 Å². The molecule has 0 aliphatic heterocycles. The molecular formula is C13H17BrFNO. The van der Waals surface area contributed by atoms with Crippen molar-refractivity contribution in [2.45, 2.75) is 20.8 Å². The third-order valence-corrected chi connectivity index (χ3v) is 3.55. The summed E-state index contributed by atoms with van der Waals surface area (Å²) in [5, 5.41) is 2.85. The smallest absolute Gasteiger partial charge is 0.252 e. The molecule has 4 heteroatoms. The summed E-state index contributed by atoms with van der Waals surface area (Å²) >= 11 is 3.18. The van der Waals surface area contributed by atoms with Gasteiger partial charge in [0, 0.05) is 11.0 Å². The highest BCUT2D eigenvalue weighted by Crippen LogP contribution is 2.18. The lowest BCUT2D eigenvalue weighted by molar-refractivity contribution is 0.0944. The Morgan fingerprint density at radius 2 is 2.06 bits per heavy atom. The molecule has 1 unspecified atom stereocenters. The summed E-state index contributed by atoms with van der Waals surface area (Å²) in [6.07, 6.45) is 0. The summed E-state index contributed by atoms with van der Waals surface area (Å²) in [7, 11) is 0. The van der Waals surface area contributed by atoms with Crippen LogP contribution in [0.1, 0.15) is 31.1 Å². The lowest BCUT2D eigenvalue weighted by Crippen LogP contribution is -2.30. The highest BCUT2D eigenvalue weighted by atomic mass is 79.9. The predicted octanol–water partition coefficient (Wildman–Crippen LogP) is 3.61. The average Bonchev–Trinajstić information content (AvgIpc) is 2.25. The molecule has 1 rings (SSSR count). The number of hydrogen-bond acceptors (Lipinski definition) is 1. The van der Waals surface area contributed by atoms with E-state index in [2.05, 4.69) is 42.0 Å². The molecule has 1 amide bonds. The van der Waals surface area contributed by atoms with E-state index in [-0.39, 0.29) is 11.7 Å². The largest absolute Gasteiger partial charge is 0.352 e. The van der Waals surface area contributed by atoms with Gasteiger partial charge in [-0.15, -0.1) is 0 Å². The van der Waals surface area contributed by atoms with Crippen molar-refractivity contribution in [3.63, 3.8) is 0 Å². The van der Waals surface area contributed by atoms with Crippen molar-refractivity contribution < 1.29 is 9.18 Å². The Labute approximate surface area is 110 Å². The first-order valence-electron chi connectivity index (χ1n) is 5.65. The summed E-state index contributed by atoms with van der Waals surface area (Å²) in [5.41, 5.74) is 0.461. The summed E-state index contributed by atoms with van der Waals surface area (Å²) < 4.78 is 13.3. The van der Waals surface area contributed by atoms with Crippen molar-refractivity contribution in [3.05, 3.63) is 34.1 Å². The SMILES string of the molecule is CC(C)C(C)CNC(=O)c1ccc(F)cc1Br. The number of rotatable bonds is 4. The Morgan fingerprint density at radius 3 is 2.59 bits per heavy atom. The molecule has 1 atom stereocenters. The molecule has 0 saturated heterocycles. The maximum Gasteiger partial charge on any atom is 0.252 e. The number of nitrogens with one attached hydrogen (secondary N) is 1. The lowest BCUT2D eigenvalue weighted by atomic mass is 9.98. The van der Waals surface area contributed by atoms with Crippen LogP contribution in [0.25, 0.3) is 0 Å². The second-order valence-electron chi connectivity index (χ2n) is 4.56. The van der Waals surface area contributed by atoms with Crippen LogP contribution >= 0.6 is 15.9 Å². The van der Waals surface area contributed by atoms with Gasteiger partial charge in [0.1, 0.15) is 5.82 Å². The van der Waals surface area contributed by atoms with E-state index in [4.69, 9.17) is 0 Å². The maximum absolute atomic E-state index is 12.9. The van der Waals surface area contributed by atoms with Crippen LogP contribution in [0.2, 0.25) is 0 Å². The molecule has 2 nitrogen and oxygen atoms in total. The van der Waals surface area contributed by atoms with Gasteiger partial charge in [0.25, 0.3) is 5.91 Å². The van der Waals surface area contributed by atoms with Crippen molar-refractivity contribution >= 4 is 21.8 Å². The number of benzene rings is 1. The molecule has 0 spiro atoms. The van der Waals surface area contributed by atoms with Gasteiger partial charge in [-0.05, 0) is 46.0 Å². The normalized spacial score (nSPS) is 12.6. The molecular weight excluding hydrogens is 285 g/mol. The molecule has 1 aromatic rings. The first-order valence-corrected chi connectivity index (χ1v) is 6.44. The number of hydrogen-bond donors (Lipinski definition) is 1. The average molecular weight is 302 g/mol. The summed E-state index contributed by atoms with van der Waals surface area (Å²) in [6, 6.07) is 4.06. The van der Waals surface area contributed by atoms with Gasteiger partial charge >= 0.3 is 0 Å². The second-order valence-corrected chi connectivity index (χ2v) is 5.41. The first-order chi connectivity index (χ1) is 7.91. The number of halogens is 2. The Balaban J connectivity index is 2.64. The summed E-state index contributed by atoms with van der Waals surface area (Å²) in [6.45, 7) is 6.94. The van der Waals surface area contributed by atoms with Gasteiger partial charge in [-0.25, -0.2) is 4.39 Å². The van der Waals surface area contributed by atoms with Crippen LogP contribution in [0.5, 0.6) is 0 Å². The minimum atomic E-state index is -0.357. The molecule has 1 N–H and O–H groups in total. The van der Waals surface area contributed by atoms with Crippen molar-refractivity contribution in [2.24, 2.45) is 11.8 Å². The predicted molar refractivity (Wildman–Crippen MR) is 70.4 cm³/mol. The molecule has 0 radical (unpaired) electrons. The highest BCUT2D eigenvalue weighted by Gasteiger charge is 2.13. The minimum absolute atomic E-state index is 0.177. The zero-order valence-corrected chi connectivity index (χ0v) is 11.8. The third-order valence-electron chi connectivity index (χ3n) is 2.90. The van der Waals surface area contributed by atoms with E-state index in [1.54, 1.807) is 0 Å². The Hall–Kier alpha value is -0.900. The third kappa shape index (κ3) is 4.11. The molecule has 0 aliphatic rings. The molecule has 0 aromatic heterocycles. The summed E-state index contributed by atoms with van der Waals surface area (Å²) in [5.74, 6) is 0.401. The highest BCUT2D eigenvalue weighted by molar-refractivity contribution is 9.10.